The van der Waals surface area contributed by atoms with Crippen molar-refractivity contribution < 1.29 is 14.1 Å². The Morgan fingerprint density at radius 1 is 1.33 bits per heavy atom. The highest BCUT2D eigenvalue weighted by Crippen LogP contribution is 2.34. The number of benzene rings is 2. The number of hydrogen-bond acceptors (Lipinski definition) is 3. The molecule has 0 saturated carbocycles. The summed E-state index contributed by atoms with van der Waals surface area (Å²) in [6, 6.07) is 7.32. The standard InChI is InChI=1S/C14H10BrClFNO3/c1-8-4-14(11(17)6-12(8)18(19)20)21-13-3-2-9(7-16)5-10(13)15/h2-6H,7H2,1H3. The van der Waals surface area contributed by atoms with E-state index in [4.69, 9.17) is 16.3 Å². The first-order valence-electron chi connectivity index (χ1n) is 5.89. The summed E-state index contributed by atoms with van der Waals surface area (Å²) < 4.78 is 20.0. The summed E-state index contributed by atoms with van der Waals surface area (Å²) in [4.78, 5) is 10.1. The second-order valence-electron chi connectivity index (χ2n) is 4.33. The highest BCUT2D eigenvalue weighted by atomic mass is 79.9. The number of nitro benzene ring substituents is 1. The number of nitro groups is 1. The topological polar surface area (TPSA) is 52.4 Å². The van der Waals surface area contributed by atoms with E-state index >= 15 is 0 Å². The first kappa shape index (κ1) is 15.7. The van der Waals surface area contributed by atoms with Crippen molar-refractivity contribution >= 4 is 33.2 Å². The third kappa shape index (κ3) is 3.51. The molecule has 0 fully saturated rings. The molecule has 2 rings (SSSR count). The molecule has 7 heteroatoms. The van der Waals surface area contributed by atoms with Crippen LogP contribution in [-0.2, 0) is 5.88 Å². The van der Waals surface area contributed by atoms with Gasteiger partial charge in [-0.25, -0.2) is 4.39 Å². The summed E-state index contributed by atoms with van der Waals surface area (Å²) in [7, 11) is 0. The van der Waals surface area contributed by atoms with E-state index in [1.807, 2.05) is 0 Å². The minimum absolute atomic E-state index is 0.0718. The first-order valence-corrected chi connectivity index (χ1v) is 7.22. The number of halogens is 3. The molecule has 0 N–H and O–H groups in total. The van der Waals surface area contributed by atoms with Gasteiger partial charge in [0.2, 0.25) is 0 Å². The van der Waals surface area contributed by atoms with E-state index in [-0.39, 0.29) is 11.4 Å². The molecule has 0 aliphatic heterocycles. The summed E-state index contributed by atoms with van der Waals surface area (Å²) in [5, 5.41) is 10.7. The Morgan fingerprint density at radius 3 is 2.62 bits per heavy atom. The average molecular weight is 375 g/mol. The number of alkyl halides is 1. The molecule has 4 nitrogen and oxygen atoms in total. The fourth-order valence-electron chi connectivity index (χ4n) is 1.75. The van der Waals surface area contributed by atoms with E-state index in [1.54, 1.807) is 18.2 Å². The molecule has 0 aliphatic carbocycles. The van der Waals surface area contributed by atoms with Crippen LogP contribution in [0.1, 0.15) is 11.1 Å². The minimum Gasteiger partial charge on any atom is -0.453 e. The minimum atomic E-state index is -0.791. The highest BCUT2D eigenvalue weighted by Gasteiger charge is 2.17. The summed E-state index contributed by atoms with van der Waals surface area (Å²) in [5.41, 5.74) is 0.928. The van der Waals surface area contributed by atoms with E-state index < -0.39 is 10.7 Å². The van der Waals surface area contributed by atoms with Crippen molar-refractivity contribution in [2.45, 2.75) is 12.8 Å². The van der Waals surface area contributed by atoms with E-state index in [9.17, 15) is 14.5 Å². The van der Waals surface area contributed by atoms with Crippen molar-refractivity contribution in [3.8, 4) is 11.5 Å². The van der Waals surface area contributed by atoms with Crippen molar-refractivity contribution in [2.24, 2.45) is 0 Å². The van der Waals surface area contributed by atoms with Gasteiger partial charge in [-0.3, -0.25) is 10.1 Å². The fraction of sp³-hybridized carbons (Fsp3) is 0.143. The van der Waals surface area contributed by atoms with Crippen molar-refractivity contribution in [2.75, 3.05) is 0 Å². The van der Waals surface area contributed by atoms with Crippen LogP contribution in [0.5, 0.6) is 11.5 Å². The van der Waals surface area contributed by atoms with Gasteiger partial charge in [0, 0.05) is 11.4 Å². The lowest BCUT2D eigenvalue weighted by Crippen LogP contribution is -1.96. The molecular weight excluding hydrogens is 365 g/mol. The molecule has 0 bridgehead atoms. The van der Waals surface area contributed by atoms with Crippen LogP contribution in [0.25, 0.3) is 0 Å². The lowest BCUT2D eigenvalue weighted by molar-refractivity contribution is -0.385. The van der Waals surface area contributed by atoms with Crippen LogP contribution < -0.4 is 4.74 Å². The Kier molecular flexibility index (Phi) is 4.80. The quantitative estimate of drug-likeness (QED) is 0.412. The number of rotatable bonds is 4. The molecule has 0 unspecified atom stereocenters. The Labute approximate surface area is 133 Å². The predicted molar refractivity (Wildman–Crippen MR) is 81.6 cm³/mol. The van der Waals surface area contributed by atoms with Gasteiger partial charge < -0.3 is 4.74 Å². The normalized spacial score (nSPS) is 10.5. The van der Waals surface area contributed by atoms with Crippen molar-refractivity contribution in [1.29, 1.82) is 0 Å². The molecule has 2 aromatic rings. The Hall–Kier alpha value is -1.66. The molecule has 0 radical (unpaired) electrons. The smallest absolute Gasteiger partial charge is 0.275 e. The van der Waals surface area contributed by atoms with Crippen LogP contribution in [0.2, 0.25) is 0 Å². The third-order valence-corrected chi connectivity index (χ3v) is 3.75. The fourth-order valence-corrected chi connectivity index (χ4v) is 2.42. The molecule has 2 aromatic carbocycles. The molecule has 0 heterocycles. The zero-order chi connectivity index (χ0) is 15.6. The molecule has 110 valence electrons. The maximum atomic E-state index is 13.9. The van der Waals surface area contributed by atoms with Crippen LogP contribution in [0.15, 0.2) is 34.8 Å². The summed E-state index contributed by atoms with van der Waals surface area (Å²) in [5.74, 6) is -0.113. The van der Waals surface area contributed by atoms with Gasteiger partial charge in [-0.2, -0.15) is 0 Å². The van der Waals surface area contributed by atoms with Gasteiger partial charge >= 0.3 is 0 Å². The number of aryl methyl sites for hydroxylation is 1. The molecule has 0 saturated heterocycles. The third-order valence-electron chi connectivity index (χ3n) is 2.82. The van der Waals surface area contributed by atoms with Crippen LogP contribution in [0.3, 0.4) is 0 Å². The average Bonchev–Trinajstić information content (AvgIpc) is 2.44. The van der Waals surface area contributed by atoms with E-state index in [1.165, 1.54) is 13.0 Å². The van der Waals surface area contributed by atoms with Crippen LogP contribution in [0.4, 0.5) is 10.1 Å². The monoisotopic (exact) mass is 373 g/mol. The molecule has 21 heavy (non-hydrogen) atoms. The zero-order valence-corrected chi connectivity index (χ0v) is 13.2. The van der Waals surface area contributed by atoms with Gasteiger partial charge in [0.25, 0.3) is 5.69 Å². The molecule has 0 atom stereocenters. The number of hydrogen-bond donors (Lipinski definition) is 0. The Balaban J connectivity index is 2.36. The van der Waals surface area contributed by atoms with Crippen LogP contribution >= 0.6 is 27.5 Å². The van der Waals surface area contributed by atoms with E-state index in [0.29, 0.717) is 21.7 Å². The van der Waals surface area contributed by atoms with Gasteiger partial charge in [0.05, 0.1) is 15.5 Å². The molecule has 0 aromatic heterocycles. The van der Waals surface area contributed by atoms with Crippen LogP contribution in [-0.4, -0.2) is 4.92 Å². The summed E-state index contributed by atoms with van der Waals surface area (Å²) >= 11 is 9.03. The van der Waals surface area contributed by atoms with Crippen LogP contribution in [0, 0.1) is 22.9 Å². The van der Waals surface area contributed by atoms with E-state index in [2.05, 4.69) is 15.9 Å². The molecule has 0 spiro atoms. The SMILES string of the molecule is Cc1cc(Oc2ccc(CCl)cc2Br)c(F)cc1[N+](=O)[O-]. The Bertz CT molecular complexity index is 709. The lowest BCUT2D eigenvalue weighted by atomic mass is 10.2. The van der Waals surface area contributed by atoms with Crippen molar-refractivity contribution in [1.82, 2.24) is 0 Å². The van der Waals surface area contributed by atoms with Gasteiger partial charge in [0.1, 0.15) is 5.75 Å². The van der Waals surface area contributed by atoms with Crippen molar-refractivity contribution in [3.05, 3.63) is 61.9 Å². The van der Waals surface area contributed by atoms with Gasteiger partial charge in [-0.15, -0.1) is 11.6 Å². The van der Waals surface area contributed by atoms with Gasteiger partial charge in [0.15, 0.2) is 11.6 Å². The summed E-state index contributed by atoms with van der Waals surface area (Å²) in [6.45, 7) is 1.52. The van der Waals surface area contributed by atoms with Gasteiger partial charge in [-0.1, -0.05) is 6.07 Å². The number of nitrogens with zero attached hydrogens (tertiary/aromatic N) is 1. The second kappa shape index (κ2) is 6.41. The second-order valence-corrected chi connectivity index (χ2v) is 5.45. The summed E-state index contributed by atoms with van der Waals surface area (Å²) in [6.07, 6.45) is 0. The van der Waals surface area contributed by atoms with Crippen molar-refractivity contribution in [3.63, 3.8) is 0 Å². The molecule has 0 aliphatic rings. The lowest BCUT2D eigenvalue weighted by Gasteiger charge is -2.10. The Morgan fingerprint density at radius 2 is 2.05 bits per heavy atom. The highest BCUT2D eigenvalue weighted by molar-refractivity contribution is 9.10. The molecule has 0 amide bonds. The zero-order valence-electron chi connectivity index (χ0n) is 10.9. The molecular formula is C14H10BrClFNO3. The maximum absolute atomic E-state index is 13.9. The predicted octanol–water partition coefficient (Wildman–Crippen LogP) is 5.34. The number of ether oxygens (including phenoxy) is 1. The van der Waals surface area contributed by atoms with Gasteiger partial charge in [-0.05, 0) is 46.6 Å². The largest absolute Gasteiger partial charge is 0.453 e. The van der Waals surface area contributed by atoms with E-state index in [0.717, 1.165) is 11.6 Å². The first-order chi connectivity index (χ1) is 9.92. The maximum Gasteiger partial charge on any atom is 0.275 e.